The Balaban J connectivity index is 1.38. The average Bonchev–Trinajstić information content (AvgIpc) is 3.79. The molecule has 56 heavy (non-hydrogen) atoms. The Labute approximate surface area is 328 Å². The van der Waals surface area contributed by atoms with E-state index in [9.17, 15) is 33.9 Å². The highest BCUT2D eigenvalue weighted by molar-refractivity contribution is 5.94. The smallest absolute Gasteiger partial charge is 0.407 e. The van der Waals surface area contributed by atoms with Crippen LogP contribution in [0.25, 0.3) is 11.1 Å². The first-order valence-corrected chi connectivity index (χ1v) is 19.6. The second kappa shape index (κ2) is 21.3. The highest BCUT2D eigenvalue weighted by atomic mass is 16.5. The van der Waals surface area contributed by atoms with E-state index in [4.69, 9.17) is 15.2 Å². The Morgan fingerprint density at radius 3 is 2.04 bits per heavy atom. The normalized spacial score (nSPS) is 16.9. The summed E-state index contributed by atoms with van der Waals surface area (Å²) in [7, 11) is 0. The summed E-state index contributed by atoms with van der Waals surface area (Å²) in [6.07, 6.45) is 2.09. The number of ether oxygens (including phenoxy) is 2. The number of alkyl carbamates (subject to hydrolysis) is 1. The van der Waals surface area contributed by atoms with Crippen LogP contribution < -0.4 is 32.3 Å². The van der Waals surface area contributed by atoms with Gasteiger partial charge in [-0.15, -0.1) is 0 Å². The minimum Gasteiger partial charge on any atom is -0.480 e. The van der Waals surface area contributed by atoms with Crippen molar-refractivity contribution in [2.45, 2.75) is 109 Å². The van der Waals surface area contributed by atoms with Gasteiger partial charge < -0.3 is 46.9 Å². The molecule has 1 aliphatic carbocycles. The molecular weight excluding hydrogens is 720 g/mol. The van der Waals surface area contributed by atoms with E-state index in [0.29, 0.717) is 32.4 Å². The minimum atomic E-state index is -1.20. The van der Waals surface area contributed by atoms with E-state index in [-0.39, 0.29) is 43.8 Å². The van der Waals surface area contributed by atoms with Gasteiger partial charge in [-0.1, -0.05) is 76.2 Å². The van der Waals surface area contributed by atoms with Gasteiger partial charge >= 0.3 is 12.1 Å². The Bertz CT molecular complexity index is 1630. The predicted molar refractivity (Wildman–Crippen MR) is 209 cm³/mol. The second-order valence-electron chi connectivity index (χ2n) is 15.3. The van der Waals surface area contributed by atoms with E-state index >= 15 is 0 Å². The van der Waals surface area contributed by atoms with E-state index in [1.807, 2.05) is 62.4 Å². The van der Waals surface area contributed by atoms with Crippen molar-refractivity contribution < 1.29 is 43.3 Å². The SMILES string of the molecule is CC(C)C[C@H](NC(=O)OCC1c2ccccc2-c2ccccc21)C(=O)N[C@@H](CC1CCCO1)C(=O)NCC(=O)N[C@@H](CCCCN)C(=O)N[C@H](C(=O)O)C(C)C. The summed E-state index contributed by atoms with van der Waals surface area (Å²) < 4.78 is 11.5. The van der Waals surface area contributed by atoms with Gasteiger partial charge in [-0.25, -0.2) is 9.59 Å². The molecule has 2 aromatic carbocycles. The lowest BCUT2D eigenvalue weighted by molar-refractivity contribution is -0.143. The van der Waals surface area contributed by atoms with Gasteiger partial charge in [0.25, 0.3) is 0 Å². The van der Waals surface area contributed by atoms with Gasteiger partial charge in [0.15, 0.2) is 0 Å². The van der Waals surface area contributed by atoms with Crippen LogP contribution >= 0.6 is 0 Å². The molecule has 1 fully saturated rings. The predicted octanol–water partition coefficient (Wildman–Crippen LogP) is 2.95. The topological polar surface area (TPSA) is 227 Å². The molecule has 8 N–H and O–H groups in total. The van der Waals surface area contributed by atoms with Gasteiger partial charge in [-0.3, -0.25) is 19.2 Å². The summed E-state index contributed by atoms with van der Waals surface area (Å²) in [6, 6.07) is 11.6. The molecule has 15 nitrogen and oxygen atoms in total. The van der Waals surface area contributed by atoms with Gasteiger partial charge in [0.05, 0.1) is 12.6 Å². The lowest BCUT2D eigenvalue weighted by Crippen LogP contribution is -2.56. The number of carbonyl (C=O) groups excluding carboxylic acids is 5. The molecule has 5 atom stereocenters. The number of rotatable bonds is 21. The zero-order valence-corrected chi connectivity index (χ0v) is 32.8. The number of hydrogen-bond donors (Lipinski definition) is 7. The number of fused-ring (bicyclic) bond motifs is 3. The van der Waals surface area contributed by atoms with Crippen molar-refractivity contribution >= 4 is 35.7 Å². The van der Waals surface area contributed by atoms with E-state index in [2.05, 4.69) is 26.6 Å². The number of aliphatic carboxylic acids is 1. The molecule has 0 aromatic heterocycles. The number of unbranched alkanes of at least 4 members (excludes halogenated alkanes) is 1. The maximum absolute atomic E-state index is 13.8. The Morgan fingerprint density at radius 1 is 0.821 bits per heavy atom. The summed E-state index contributed by atoms with van der Waals surface area (Å²) in [6.45, 7) is 7.57. The summed E-state index contributed by atoms with van der Waals surface area (Å²) >= 11 is 0. The van der Waals surface area contributed by atoms with Gasteiger partial charge in [0.2, 0.25) is 23.6 Å². The highest BCUT2D eigenvalue weighted by Crippen LogP contribution is 2.44. The molecule has 1 saturated heterocycles. The van der Waals surface area contributed by atoms with E-state index < -0.39 is 72.3 Å². The van der Waals surface area contributed by atoms with Crippen molar-refractivity contribution in [3.05, 3.63) is 59.7 Å². The molecular formula is C41H58N6O9. The molecule has 306 valence electrons. The Kier molecular flexibility index (Phi) is 16.6. The average molecular weight is 779 g/mol. The molecule has 0 bridgehead atoms. The van der Waals surface area contributed by atoms with Crippen LogP contribution in [0.4, 0.5) is 4.79 Å². The fraction of sp³-hybridized carbons (Fsp3) is 0.561. The number of carboxylic acid groups (broad SMARTS) is 1. The number of carboxylic acids is 1. The zero-order chi connectivity index (χ0) is 40.8. The van der Waals surface area contributed by atoms with Gasteiger partial charge in [-0.2, -0.15) is 0 Å². The van der Waals surface area contributed by atoms with Crippen LogP contribution in [0.5, 0.6) is 0 Å². The summed E-state index contributed by atoms with van der Waals surface area (Å²) in [4.78, 5) is 78.4. The first-order valence-electron chi connectivity index (χ1n) is 19.6. The quantitative estimate of drug-likeness (QED) is 0.0917. The third-order valence-electron chi connectivity index (χ3n) is 10.1. The molecule has 4 rings (SSSR count). The Hall–Kier alpha value is -5.02. The van der Waals surface area contributed by atoms with Crippen molar-refractivity contribution in [3.8, 4) is 11.1 Å². The van der Waals surface area contributed by atoms with Gasteiger partial charge in [0.1, 0.15) is 30.8 Å². The number of carbonyl (C=O) groups is 6. The standard InChI is InChI=1S/C41H58N6O9/c1-24(2)20-33(46-41(54)56-23-31-29-15-7-5-13-27(29)28-14-6-8-16-30(28)31)39(51)45-34(21-26-12-11-19-55-26)37(49)43-22-35(48)44-32(17-9-10-18-42)38(50)47-36(25(3)4)40(52)53/h5-8,13-16,24-26,31-34,36H,9-12,17-23,42H2,1-4H3,(H,43,49)(H,44,48)(H,45,51)(H,46,54)(H,47,50)(H,52,53)/t26?,32-,33-,34-,36-/m0/s1. The lowest BCUT2D eigenvalue weighted by Gasteiger charge is -2.26. The van der Waals surface area contributed by atoms with Crippen molar-refractivity contribution in [1.29, 1.82) is 0 Å². The molecule has 2 aliphatic rings. The maximum Gasteiger partial charge on any atom is 0.407 e. The molecule has 15 heteroatoms. The number of nitrogens with two attached hydrogens (primary N) is 1. The van der Waals surface area contributed by atoms with E-state index in [1.165, 1.54) is 0 Å². The van der Waals surface area contributed by atoms with Crippen LogP contribution in [0.1, 0.15) is 89.7 Å². The molecule has 1 heterocycles. The summed E-state index contributed by atoms with van der Waals surface area (Å²) in [5.74, 6) is -4.36. The van der Waals surface area contributed by atoms with Crippen LogP contribution in [0.2, 0.25) is 0 Å². The summed E-state index contributed by atoms with van der Waals surface area (Å²) in [5, 5.41) is 22.7. The lowest BCUT2D eigenvalue weighted by atomic mass is 9.98. The van der Waals surface area contributed by atoms with Gasteiger partial charge in [-0.05, 0) is 79.2 Å². The zero-order valence-electron chi connectivity index (χ0n) is 32.8. The van der Waals surface area contributed by atoms with Gasteiger partial charge in [0, 0.05) is 18.9 Å². The molecule has 2 aromatic rings. The summed E-state index contributed by atoms with van der Waals surface area (Å²) in [5.41, 5.74) is 9.89. The van der Waals surface area contributed by atoms with Crippen LogP contribution in [-0.2, 0) is 33.4 Å². The van der Waals surface area contributed by atoms with E-state index in [1.54, 1.807) is 13.8 Å². The number of benzene rings is 2. The maximum atomic E-state index is 13.8. The highest BCUT2D eigenvalue weighted by Gasteiger charge is 2.34. The molecule has 1 aliphatic heterocycles. The molecule has 0 saturated carbocycles. The van der Waals surface area contributed by atoms with Crippen molar-refractivity contribution in [2.75, 3.05) is 26.3 Å². The monoisotopic (exact) mass is 778 g/mol. The fourth-order valence-electron chi connectivity index (χ4n) is 7.15. The van der Waals surface area contributed by atoms with Crippen LogP contribution in [-0.4, -0.2) is 97.4 Å². The molecule has 0 radical (unpaired) electrons. The third kappa shape index (κ3) is 12.5. The number of hydrogen-bond acceptors (Lipinski definition) is 9. The second-order valence-corrected chi connectivity index (χ2v) is 15.3. The van der Waals surface area contributed by atoms with Crippen LogP contribution in [0.3, 0.4) is 0 Å². The third-order valence-corrected chi connectivity index (χ3v) is 10.1. The van der Waals surface area contributed by atoms with Crippen LogP contribution in [0.15, 0.2) is 48.5 Å². The molecule has 0 spiro atoms. The largest absolute Gasteiger partial charge is 0.480 e. The molecule has 1 unspecified atom stereocenters. The number of amides is 5. The van der Waals surface area contributed by atoms with Crippen molar-refractivity contribution in [1.82, 2.24) is 26.6 Å². The van der Waals surface area contributed by atoms with E-state index in [0.717, 1.165) is 28.7 Å². The Morgan fingerprint density at radius 2 is 1.46 bits per heavy atom. The van der Waals surface area contributed by atoms with Crippen LogP contribution in [0, 0.1) is 11.8 Å². The molecule has 5 amide bonds. The van der Waals surface area contributed by atoms with Crippen molar-refractivity contribution in [2.24, 2.45) is 17.6 Å². The number of nitrogens with one attached hydrogen (secondary N) is 5. The fourth-order valence-corrected chi connectivity index (χ4v) is 7.15. The first kappa shape index (κ1) is 43.7. The minimum absolute atomic E-state index is 0.00455. The first-order chi connectivity index (χ1) is 26.8. The van der Waals surface area contributed by atoms with Crippen molar-refractivity contribution in [3.63, 3.8) is 0 Å².